The minimum absolute atomic E-state index is 0.0633. The molecule has 0 spiro atoms. The quantitative estimate of drug-likeness (QED) is 0.726. The van der Waals surface area contributed by atoms with E-state index in [9.17, 15) is 9.18 Å². The van der Waals surface area contributed by atoms with Crippen LogP contribution < -0.4 is 9.47 Å². The number of benzene rings is 1. The summed E-state index contributed by atoms with van der Waals surface area (Å²) in [5.74, 6) is 0.0795. The third-order valence-electron chi connectivity index (χ3n) is 3.27. The van der Waals surface area contributed by atoms with Crippen molar-refractivity contribution in [3.63, 3.8) is 0 Å². The summed E-state index contributed by atoms with van der Waals surface area (Å²) in [6.07, 6.45) is 1.23. The third kappa shape index (κ3) is 5.03. The zero-order valence-corrected chi connectivity index (χ0v) is 13.7. The van der Waals surface area contributed by atoms with Crippen LogP contribution in [0.2, 0.25) is 0 Å². The number of methoxy groups -OCH3 is 2. The van der Waals surface area contributed by atoms with E-state index in [1.54, 1.807) is 0 Å². The fraction of sp³-hybridized carbons (Fsp3) is 0.588. The van der Waals surface area contributed by atoms with Gasteiger partial charge in [0.1, 0.15) is 5.82 Å². The maximum atomic E-state index is 14.0. The lowest BCUT2D eigenvalue weighted by atomic mass is 9.83. The van der Waals surface area contributed by atoms with Gasteiger partial charge in [-0.15, -0.1) is 0 Å². The molecule has 0 radical (unpaired) electrons. The molecular weight excluding hydrogens is 271 g/mol. The lowest BCUT2D eigenvalue weighted by Crippen LogP contribution is -2.15. The number of carbonyl (C=O) groups is 1. The molecule has 0 N–H and O–H groups in total. The standard InChI is InChI=1S/C17H25FO3/c1-11(10-17(2,3)4)7-14(19)12-8-15(20-5)16(21-6)9-13(12)18/h8-9,11H,7,10H2,1-6H3. The summed E-state index contributed by atoms with van der Waals surface area (Å²) in [5.41, 5.74) is 0.212. The second-order valence-electron chi connectivity index (χ2n) is 6.68. The highest BCUT2D eigenvalue weighted by Gasteiger charge is 2.21. The smallest absolute Gasteiger partial charge is 0.166 e. The first kappa shape index (κ1) is 17.5. The molecule has 0 bridgehead atoms. The molecule has 0 aliphatic carbocycles. The molecule has 1 aromatic rings. The molecule has 1 rings (SSSR count). The maximum Gasteiger partial charge on any atom is 0.166 e. The lowest BCUT2D eigenvalue weighted by molar-refractivity contribution is 0.0950. The fourth-order valence-corrected chi connectivity index (χ4v) is 2.61. The van der Waals surface area contributed by atoms with Crippen LogP contribution in [0.3, 0.4) is 0 Å². The van der Waals surface area contributed by atoms with Crippen molar-refractivity contribution in [2.45, 2.75) is 40.5 Å². The van der Waals surface area contributed by atoms with Gasteiger partial charge in [0, 0.05) is 12.5 Å². The highest BCUT2D eigenvalue weighted by Crippen LogP contribution is 2.32. The first-order valence-corrected chi connectivity index (χ1v) is 7.12. The zero-order chi connectivity index (χ0) is 16.2. The molecule has 0 aliphatic heterocycles. The average molecular weight is 296 g/mol. The Morgan fingerprint density at radius 1 is 1.19 bits per heavy atom. The molecule has 0 aliphatic rings. The number of Topliss-reactive ketones (excluding diaryl/α,β-unsaturated/α-hetero) is 1. The molecule has 1 unspecified atom stereocenters. The van der Waals surface area contributed by atoms with E-state index in [0.29, 0.717) is 12.2 Å². The number of hydrogen-bond acceptors (Lipinski definition) is 3. The molecule has 0 saturated heterocycles. The van der Waals surface area contributed by atoms with Crippen molar-refractivity contribution < 1.29 is 18.7 Å². The maximum absolute atomic E-state index is 14.0. The Balaban J connectivity index is 2.92. The number of rotatable bonds is 6. The Labute approximate surface area is 126 Å². The van der Waals surface area contributed by atoms with Crippen molar-refractivity contribution in [3.8, 4) is 11.5 Å². The molecule has 118 valence electrons. The Kier molecular flexibility index (Phi) is 5.76. The number of ketones is 1. The van der Waals surface area contributed by atoms with E-state index in [1.807, 2.05) is 6.92 Å². The van der Waals surface area contributed by atoms with Crippen molar-refractivity contribution >= 4 is 5.78 Å². The highest BCUT2D eigenvalue weighted by molar-refractivity contribution is 5.97. The second kappa shape index (κ2) is 6.92. The van der Waals surface area contributed by atoms with Gasteiger partial charge in [0.05, 0.1) is 19.8 Å². The molecular formula is C17H25FO3. The third-order valence-corrected chi connectivity index (χ3v) is 3.27. The van der Waals surface area contributed by atoms with Crippen LogP contribution in [0.15, 0.2) is 12.1 Å². The molecule has 3 nitrogen and oxygen atoms in total. The van der Waals surface area contributed by atoms with Crippen LogP contribution in [-0.2, 0) is 0 Å². The van der Waals surface area contributed by atoms with Crippen LogP contribution in [0.1, 0.15) is 50.9 Å². The summed E-state index contributed by atoms with van der Waals surface area (Å²) in [6.45, 7) is 8.41. The predicted molar refractivity (Wildman–Crippen MR) is 81.7 cm³/mol. The van der Waals surface area contributed by atoms with E-state index < -0.39 is 5.82 Å². The summed E-state index contributed by atoms with van der Waals surface area (Å²) in [5, 5.41) is 0. The summed E-state index contributed by atoms with van der Waals surface area (Å²) in [6, 6.07) is 2.61. The van der Waals surface area contributed by atoms with Crippen LogP contribution in [0.4, 0.5) is 4.39 Å². The summed E-state index contributed by atoms with van der Waals surface area (Å²) in [4.78, 5) is 12.3. The van der Waals surface area contributed by atoms with Gasteiger partial charge in [0.15, 0.2) is 17.3 Å². The van der Waals surface area contributed by atoms with E-state index in [2.05, 4.69) is 20.8 Å². The summed E-state index contributed by atoms with van der Waals surface area (Å²) >= 11 is 0. The van der Waals surface area contributed by atoms with E-state index in [-0.39, 0.29) is 28.4 Å². The zero-order valence-electron chi connectivity index (χ0n) is 13.7. The molecule has 0 heterocycles. The molecule has 0 amide bonds. The summed E-state index contributed by atoms with van der Waals surface area (Å²) < 4.78 is 24.2. The lowest BCUT2D eigenvalue weighted by Gasteiger charge is -2.22. The minimum Gasteiger partial charge on any atom is -0.493 e. The van der Waals surface area contributed by atoms with Crippen molar-refractivity contribution in [2.75, 3.05) is 14.2 Å². The molecule has 4 heteroatoms. The van der Waals surface area contributed by atoms with E-state index in [1.165, 1.54) is 26.4 Å². The Morgan fingerprint density at radius 3 is 2.19 bits per heavy atom. The number of halogens is 1. The van der Waals surface area contributed by atoms with Crippen molar-refractivity contribution in [3.05, 3.63) is 23.5 Å². The predicted octanol–water partition coefficient (Wildman–Crippen LogP) is 4.49. The highest BCUT2D eigenvalue weighted by atomic mass is 19.1. The average Bonchev–Trinajstić information content (AvgIpc) is 2.35. The van der Waals surface area contributed by atoms with Gasteiger partial charge in [0.2, 0.25) is 0 Å². The molecule has 0 aromatic heterocycles. The first-order valence-electron chi connectivity index (χ1n) is 7.12. The Morgan fingerprint density at radius 2 is 1.71 bits per heavy atom. The van der Waals surface area contributed by atoms with E-state index in [0.717, 1.165) is 6.42 Å². The minimum atomic E-state index is -0.569. The molecule has 1 aromatic carbocycles. The monoisotopic (exact) mass is 296 g/mol. The fourth-order valence-electron chi connectivity index (χ4n) is 2.61. The van der Waals surface area contributed by atoms with E-state index >= 15 is 0 Å². The molecule has 0 saturated carbocycles. The van der Waals surface area contributed by atoms with Crippen LogP contribution in [-0.4, -0.2) is 20.0 Å². The van der Waals surface area contributed by atoms with Crippen molar-refractivity contribution in [2.24, 2.45) is 11.3 Å². The Hall–Kier alpha value is -1.58. The van der Waals surface area contributed by atoms with Crippen LogP contribution in [0.25, 0.3) is 0 Å². The van der Waals surface area contributed by atoms with Gasteiger partial charge in [-0.25, -0.2) is 4.39 Å². The van der Waals surface area contributed by atoms with Crippen LogP contribution in [0, 0.1) is 17.2 Å². The number of carbonyl (C=O) groups excluding carboxylic acids is 1. The Bertz CT molecular complexity index is 503. The van der Waals surface area contributed by atoms with Gasteiger partial charge in [-0.1, -0.05) is 27.7 Å². The SMILES string of the molecule is COc1cc(F)c(C(=O)CC(C)CC(C)(C)C)cc1OC. The van der Waals surface area contributed by atoms with Crippen molar-refractivity contribution in [1.82, 2.24) is 0 Å². The largest absolute Gasteiger partial charge is 0.493 e. The van der Waals surface area contributed by atoms with Gasteiger partial charge in [-0.05, 0) is 23.8 Å². The summed E-state index contributed by atoms with van der Waals surface area (Å²) in [7, 11) is 2.90. The first-order chi connectivity index (χ1) is 9.67. The van der Waals surface area contributed by atoms with Gasteiger partial charge in [-0.3, -0.25) is 4.79 Å². The number of ether oxygens (including phenoxy) is 2. The van der Waals surface area contributed by atoms with Crippen LogP contribution in [0.5, 0.6) is 11.5 Å². The normalized spacial score (nSPS) is 12.9. The van der Waals surface area contributed by atoms with Gasteiger partial charge in [0.25, 0.3) is 0 Å². The van der Waals surface area contributed by atoms with Gasteiger partial charge in [-0.2, -0.15) is 0 Å². The van der Waals surface area contributed by atoms with Crippen LogP contribution >= 0.6 is 0 Å². The van der Waals surface area contributed by atoms with Gasteiger partial charge < -0.3 is 9.47 Å². The molecule has 21 heavy (non-hydrogen) atoms. The topological polar surface area (TPSA) is 35.5 Å². The molecule has 1 atom stereocenters. The van der Waals surface area contributed by atoms with Crippen molar-refractivity contribution in [1.29, 1.82) is 0 Å². The van der Waals surface area contributed by atoms with Gasteiger partial charge >= 0.3 is 0 Å². The molecule has 0 fully saturated rings. The second-order valence-corrected chi connectivity index (χ2v) is 6.68. The number of hydrogen-bond donors (Lipinski definition) is 0. The van der Waals surface area contributed by atoms with E-state index in [4.69, 9.17) is 9.47 Å².